The van der Waals surface area contributed by atoms with E-state index in [-0.39, 0.29) is 11.3 Å². The molecule has 1 amide bonds. The van der Waals surface area contributed by atoms with E-state index in [1.165, 1.54) is 25.7 Å². The molecule has 1 aromatic carbocycles. The van der Waals surface area contributed by atoms with Crippen molar-refractivity contribution in [3.05, 3.63) is 33.3 Å². The van der Waals surface area contributed by atoms with Crippen LogP contribution in [0.2, 0.25) is 5.02 Å². The number of halogens is 2. The second-order valence-electron chi connectivity index (χ2n) is 5.33. The van der Waals surface area contributed by atoms with Gasteiger partial charge in [-0.2, -0.15) is 0 Å². The zero-order valence-electron chi connectivity index (χ0n) is 10.4. The summed E-state index contributed by atoms with van der Waals surface area (Å²) in [6.07, 6.45) is 4.95. The van der Waals surface area contributed by atoms with Gasteiger partial charge in [0.25, 0.3) is 5.91 Å². The lowest BCUT2D eigenvalue weighted by atomic mass is 9.89. The van der Waals surface area contributed by atoms with Gasteiger partial charge in [-0.3, -0.25) is 4.79 Å². The van der Waals surface area contributed by atoms with E-state index >= 15 is 0 Å². The molecule has 1 N–H and O–H groups in total. The highest BCUT2D eigenvalue weighted by Crippen LogP contribution is 2.36. The third-order valence-electron chi connectivity index (χ3n) is 3.67. The molecule has 1 fully saturated rings. The maximum atomic E-state index is 12.0. The van der Waals surface area contributed by atoms with Gasteiger partial charge in [-0.15, -0.1) is 0 Å². The SMILES string of the molecule is CC1(CNC(=O)c2ccc(Br)c(Cl)c2)CCCC1. The number of amides is 1. The zero-order valence-corrected chi connectivity index (χ0v) is 12.8. The van der Waals surface area contributed by atoms with E-state index in [4.69, 9.17) is 11.6 Å². The van der Waals surface area contributed by atoms with Gasteiger partial charge in [-0.25, -0.2) is 0 Å². The average molecular weight is 331 g/mol. The monoisotopic (exact) mass is 329 g/mol. The van der Waals surface area contributed by atoms with Crippen molar-refractivity contribution in [2.75, 3.05) is 6.54 Å². The van der Waals surface area contributed by atoms with Gasteiger partial charge < -0.3 is 5.32 Å². The van der Waals surface area contributed by atoms with Gasteiger partial charge in [-0.05, 0) is 52.4 Å². The van der Waals surface area contributed by atoms with Gasteiger partial charge >= 0.3 is 0 Å². The predicted octanol–water partition coefficient (Wildman–Crippen LogP) is 4.41. The van der Waals surface area contributed by atoms with Gasteiger partial charge in [0.1, 0.15) is 0 Å². The number of carbonyl (C=O) groups excluding carboxylic acids is 1. The molecule has 1 aliphatic carbocycles. The van der Waals surface area contributed by atoms with Crippen LogP contribution in [-0.4, -0.2) is 12.5 Å². The molecule has 1 aliphatic rings. The van der Waals surface area contributed by atoms with Crippen molar-refractivity contribution < 1.29 is 4.79 Å². The van der Waals surface area contributed by atoms with Crippen LogP contribution in [0.1, 0.15) is 43.0 Å². The lowest BCUT2D eigenvalue weighted by molar-refractivity contribution is 0.0934. The van der Waals surface area contributed by atoms with E-state index in [1.54, 1.807) is 18.2 Å². The fraction of sp³-hybridized carbons (Fsp3) is 0.500. The molecular weight excluding hydrogens is 314 g/mol. The summed E-state index contributed by atoms with van der Waals surface area (Å²) in [5, 5.41) is 3.58. The van der Waals surface area contributed by atoms with E-state index in [9.17, 15) is 4.79 Å². The Morgan fingerprint density at radius 1 is 1.44 bits per heavy atom. The standard InChI is InChI=1S/C14H17BrClNO/c1-14(6-2-3-7-14)9-17-13(18)10-4-5-11(15)12(16)8-10/h4-5,8H,2-3,6-7,9H2,1H3,(H,17,18). The van der Waals surface area contributed by atoms with E-state index in [0.717, 1.165) is 11.0 Å². The highest BCUT2D eigenvalue weighted by atomic mass is 79.9. The summed E-state index contributed by atoms with van der Waals surface area (Å²) in [6, 6.07) is 5.27. The Balaban J connectivity index is 1.97. The molecule has 4 heteroatoms. The molecule has 0 aliphatic heterocycles. The Morgan fingerprint density at radius 2 is 2.11 bits per heavy atom. The summed E-state index contributed by atoms with van der Waals surface area (Å²) in [6.45, 7) is 2.99. The van der Waals surface area contributed by atoms with E-state index in [2.05, 4.69) is 28.2 Å². The molecule has 0 saturated heterocycles. The van der Waals surface area contributed by atoms with Crippen molar-refractivity contribution in [1.29, 1.82) is 0 Å². The largest absolute Gasteiger partial charge is 0.351 e. The molecule has 0 spiro atoms. The summed E-state index contributed by atoms with van der Waals surface area (Å²) in [4.78, 5) is 12.0. The Kier molecular flexibility index (Phi) is 4.33. The van der Waals surface area contributed by atoms with Crippen molar-refractivity contribution in [3.63, 3.8) is 0 Å². The third-order valence-corrected chi connectivity index (χ3v) is 4.90. The number of hydrogen-bond donors (Lipinski definition) is 1. The normalized spacial score (nSPS) is 17.7. The molecule has 1 saturated carbocycles. The summed E-state index contributed by atoms with van der Waals surface area (Å²) in [5.41, 5.74) is 0.888. The molecule has 0 atom stereocenters. The summed E-state index contributed by atoms with van der Waals surface area (Å²) in [7, 11) is 0. The molecule has 0 bridgehead atoms. The second-order valence-corrected chi connectivity index (χ2v) is 6.59. The topological polar surface area (TPSA) is 29.1 Å². The number of carbonyl (C=O) groups is 1. The maximum Gasteiger partial charge on any atom is 0.251 e. The van der Waals surface area contributed by atoms with Crippen molar-refractivity contribution in [2.24, 2.45) is 5.41 Å². The van der Waals surface area contributed by atoms with Crippen molar-refractivity contribution in [1.82, 2.24) is 5.32 Å². The lowest BCUT2D eigenvalue weighted by Crippen LogP contribution is -2.34. The van der Waals surface area contributed by atoms with Crippen LogP contribution in [-0.2, 0) is 0 Å². The molecular formula is C14H17BrClNO. The van der Waals surface area contributed by atoms with Crippen molar-refractivity contribution in [2.45, 2.75) is 32.6 Å². The Bertz CT molecular complexity index is 455. The van der Waals surface area contributed by atoms with Crippen LogP contribution in [0.25, 0.3) is 0 Å². The van der Waals surface area contributed by atoms with Crippen LogP contribution >= 0.6 is 27.5 Å². The minimum Gasteiger partial charge on any atom is -0.351 e. The number of benzene rings is 1. The first-order chi connectivity index (χ1) is 8.50. The first kappa shape index (κ1) is 13.9. The van der Waals surface area contributed by atoms with Crippen molar-refractivity contribution in [3.8, 4) is 0 Å². The smallest absolute Gasteiger partial charge is 0.251 e. The van der Waals surface area contributed by atoms with Crippen LogP contribution in [0.3, 0.4) is 0 Å². The van der Waals surface area contributed by atoms with Gasteiger partial charge in [0.2, 0.25) is 0 Å². The Labute approximate surface area is 121 Å². The summed E-state index contributed by atoms with van der Waals surface area (Å²) in [5.74, 6) is -0.0440. The van der Waals surface area contributed by atoms with Gasteiger partial charge in [0.15, 0.2) is 0 Å². The minimum atomic E-state index is -0.0440. The average Bonchev–Trinajstić information content (AvgIpc) is 2.77. The number of hydrogen-bond acceptors (Lipinski definition) is 1. The Morgan fingerprint density at radius 3 is 2.72 bits per heavy atom. The molecule has 2 nitrogen and oxygen atoms in total. The molecule has 18 heavy (non-hydrogen) atoms. The quantitative estimate of drug-likeness (QED) is 0.873. The van der Waals surface area contributed by atoms with Crippen LogP contribution in [0.4, 0.5) is 0 Å². The van der Waals surface area contributed by atoms with Gasteiger partial charge in [0.05, 0.1) is 5.02 Å². The van der Waals surface area contributed by atoms with Crippen LogP contribution in [0, 0.1) is 5.41 Å². The first-order valence-electron chi connectivity index (χ1n) is 6.23. The number of nitrogens with one attached hydrogen (secondary N) is 1. The molecule has 0 aromatic heterocycles. The second kappa shape index (κ2) is 5.62. The fourth-order valence-corrected chi connectivity index (χ4v) is 2.87. The molecule has 2 rings (SSSR count). The molecule has 0 radical (unpaired) electrons. The lowest BCUT2D eigenvalue weighted by Gasteiger charge is -2.23. The maximum absolute atomic E-state index is 12.0. The van der Waals surface area contributed by atoms with Gasteiger partial charge in [0, 0.05) is 16.6 Å². The molecule has 98 valence electrons. The van der Waals surface area contributed by atoms with E-state index < -0.39 is 0 Å². The highest BCUT2D eigenvalue weighted by molar-refractivity contribution is 9.10. The van der Waals surface area contributed by atoms with Crippen LogP contribution in [0.5, 0.6) is 0 Å². The molecule has 0 unspecified atom stereocenters. The summed E-state index contributed by atoms with van der Waals surface area (Å²) >= 11 is 9.30. The van der Waals surface area contributed by atoms with Crippen molar-refractivity contribution >= 4 is 33.4 Å². The molecule has 1 aromatic rings. The zero-order chi connectivity index (χ0) is 13.2. The van der Waals surface area contributed by atoms with E-state index in [0.29, 0.717) is 10.6 Å². The number of rotatable bonds is 3. The van der Waals surface area contributed by atoms with Gasteiger partial charge in [-0.1, -0.05) is 31.4 Å². The molecule has 0 heterocycles. The van der Waals surface area contributed by atoms with Crippen LogP contribution < -0.4 is 5.32 Å². The Hall–Kier alpha value is -0.540. The highest BCUT2D eigenvalue weighted by Gasteiger charge is 2.28. The fourth-order valence-electron chi connectivity index (χ4n) is 2.44. The minimum absolute atomic E-state index is 0.0440. The third kappa shape index (κ3) is 3.27. The van der Waals surface area contributed by atoms with Crippen LogP contribution in [0.15, 0.2) is 22.7 Å². The van der Waals surface area contributed by atoms with E-state index in [1.807, 2.05) is 0 Å². The first-order valence-corrected chi connectivity index (χ1v) is 7.41. The predicted molar refractivity (Wildman–Crippen MR) is 78.1 cm³/mol. The summed E-state index contributed by atoms with van der Waals surface area (Å²) < 4.78 is 0.809.